The first kappa shape index (κ1) is 20.1. The van der Waals surface area contributed by atoms with Crippen LogP contribution in [0.1, 0.15) is 38.5 Å². The predicted molar refractivity (Wildman–Crippen MR) is 105 cm³/mol. The lowest BCUT2D eigenvalue weighted by Gasteiger charge is -2.24. The SMILES string of the molecule is CN(CCCOc1cccc(S(C)(=O)=O)c1)C(=O)C1CC2CCCCC2N1. The van der Waals surface area contributed by atoms with E-state index in [0.29, 0.717) is 37.3 Å². The molecular formula is C20H30N2O4S. The van der Waals surface area contributed by atoms with Gasteiger partial charge in [-0.3, -0.25) is 4.79 Å². The van der Waals surface area contributed by atoms with Crippen LogP contribution in [-0.4, -0.2) is 57.8 Å². The second-order valence-corrected chi connectivity index (χ2v) is 9.83. The van der Waals surface area contributed by atoms with E-state index in [9.17, 15) is 13.2 Å². The fraction of sp³-hybridized carbons (Fsp3) is 0.650. The van der Waals surface area contributed by atoms with Crippen molar-refractivity contribution >= 4 is 15.7 Å². The monoisotopic (exact) mass is 394 g/mol. The number of carbonyl (C=O) groups is 1. The Balaban J connectivity index is 1.42. The summed E-state index contributed by atoms with van der Waals surface area (Å²) in [4.78, 5) is 14.7. The summed E-state index contributed by atoms with van der Waals surface area (Å²) in [5.41, 5.74) is 0. The van der Waals surface area contributed by atoms with E-state index in [1.54, 1.807) is 23.1 Å². The molecule has 1 saturated heterocycles. The second kappa shape index (κ2) is 8.61. The van der Waals surface area contributed by atoms with Crippen molar-refractivity contribution < 1.29 is 17.9 Å². The molecule has 2 aliphatic rings. The van der Waals surface area contributed by atoms with Crippen molar-refractivity contribution in [3.05, 3.63) is 24.3 Å². The lowest BCUT2D eigenvalue weighted by Crippen LogP contribution is -2.44. The van der Waals surface area contributed by atoms with Gasteiger partial charge in [0, 0.05) is 25.9 Å². The first-order valence-corrected chi connectivity index (χ1v) is 11.7. The molecule has 0 radical (unpaired) electrons. The standard InChI is InChI=1S/C20H30N2O4S/c1-22(20(23)19-13-15-7-3-4-10-18(15)21-19)11-6-12-26-16-8-5-9-17(14-16)27(2,24)25/h5,8-9,14-15,18-19,21H,3-4,6-7,10-13H2,1-2H3. The van der Waals surface area contributed by atoms with Crippen molar-refractivity contribution in [1.82, 2.24) is 10.2 Å². The van der Waals surface area contributed by atoms with E-state index in [-0.39, 0.29) is 16.8 Å². The third-order valence-corrected chi connectivity index (χ3v) is 6.79. The van der Waals surface area contributed by atoms with Crippen molar-refractivity contribution in [3.8, 4) is 5.75 Å². The van der Waals surface area contributed by atoms with Gasteiger partial charge in [-0.25, -0.2) is 8.42 Å². The quantitative estimate of drug-likeness (QED) is 0.718. The van der Waals surface area contributed by atoms with E-state index >= 15 is 0 Å². The molecule has 2 fully saturated rings. The molecule has 1 N–H and O–H groups in total. The average Bonchev–Trinajstić information content (AvgIpc) is 3.08. The third kappa shape index (κ3) is 5.23. The van der Waals surface area contributed by atoms with Crippen LogP contribution in [0.3, 0.4) is 0 Å². The topological polar surface area (TPSA) is 75.7 Å². The van der Waals surface area contributed by atoms with Crippen molar-refractivity contribution in [2.24, 2.45) is 5.92 Å². The molecule has 0 bridgehead atoms. The highest BCUT2D eigenvalue weighted by atomic mass is 32.2. The van der Waals surface area contributed by atoms with Gasteiger partial charge in [0.25, 0.3) is 0 Å². The number of fused-ring (bicyclic) bond motifs is 1. The first-order chi connectivity index (χ1) is 12.8. The summed E-state index contributed by atoms with van der Waals surface area (Å²) in [6.45, 7) is 1.06. The zero-order valence-corrected chi connectivity index (χ0v) is 17.0. The highest BCUT2D eigenvalue weighted by Gasteiger charge is 2.38. The number of benzene rings is 1. The van der Waals surface area contributed by atoms with Crippen LogP contribution in [0.5, 0.6) is 5.75 Å². The second-order valence-electron chi connectivity index (χ2n) is 7.81. The van der Waals surface area contributed by atoms with Gasteiger partial charge in [0.15, 0.2) is 9.84 Å². The molecule has 1 aliphatic carbocycles. The molecule has 7 heteroatoms. The molecule has 0 spiro atoms. The van der Waals surface area contributed by atoms with Crippen LogP contribution in [0.25, 0.3) is 0 Å². The maximum Gasteiger partial charge on any atom is 0.239 e. The van der Waals surface area contributed by atoms with Crippen molar-refractivity contribution in [2.45, 2.75) is 55.5 Å². The summed E-state index contributed by atoms with van der Waals surface area (Å²) in [7, 11) is -1.40. The van der Waals surface area contributed by atoms with Gasteiger partial charge in [0.2, 0.25) is 5.91 Å². The zero-order valence-electron chi connectivity index (χ0n) is 16.2. The minimum atomic E-state index is -3.24. The number of amides is 1. The first-order valence-electron chi connectivity index (χ1n) is 9.78. The number of hydrogen-bond acceptors (Lipinski definition) is 5. The molecule has 3 rings (SSSR count). The number of carbonyl (C=O) groups excluding carboxylic acids is 1. The smallest absolute Gasteiger partial charge is 0.239 e. The van der Waals surface area contributed by atoms with Crippen LogP contribution in [0, 0.1) is 5.92 Å². The fourth-order valence-corrected chi connectivity index (χ4v) is 4.83. The molecule has 1 aliphatic heterocycles. The highest BCUT2D eigenvalue weighted by molar-refractivity contribution is 7.90. The number of rotatable bonds is 7. The van der Waals surface area contributed by atoms with Crippen LogP contribution in [0.15, 0.2) is 29.2 Å². The number of likely N-dealkylation sites (N-methyl/N-ethyl adjacent to an activating group) is 1. The summed E-state index contributed by atoms with van der Waals surface area (Å²) in [6, 6.07) is 6.98. The van der Waals surface area contributed by atoms with E-state index in [1.807, 2.05) is 7.05 Å². The number of ether oxygens (including phenoxy) is 1. The summed E-state index contributed by atoms with van der Waals surface area (Å²) < 4.78 is 28.8. The maximum atomic E-state index is 12.7. The Bertz CT molecular complexity index is 751. The number of nitrogens with one attached hydrogen (secondary N) is 1. The van der Waals surface area contributed by atoms with Gasteiger partial charge in [-0.2, -0.15) is 0 Å². The molecular weight excluding hydrogens is 364 g/mol. The lowest BCUT2D eigenvalue weighted by molar-refractivity contribution is -0.132. The Hall–Kier alpha value is -1.60. The minimum Gasteiger partial charge on any atom is -0.493 e. The van der Waals surface area contributed by atoms with Crippen LogP contribution in [0.4, 0.5) is 0 Å². The Morgan fingerprint density at radius 1 is 1.30 bits per heavy atom. The van der Waals surface area contributed by atoms with E-state index in [4.69, 9.17) is 4.74 Å². The molecule has 0 aromatic heterocycles. The van der Waals surface area contributed by atoms with Gasteiger partial charge < -0.3 is 15.0 Å². The van der Waals surface area contributed by atoms with E-state index in [2.05, 4.69) is 5.32 Å². The molecule has 3 unspecified atom stereocenters. The van der Waals surface area contributed by atoms with E-state index in [1.165, 1.54) is 38.0 Å². The Morgan fingerprint density at radius 3 is 2.81 bits per heavy atom. The zero-order chi connectivity index (χ0) is 19.4. The summed E-state index contributed by atoms with van der Waals surface area (Å²) in [6.07, 6.45) is 7.83. The Labute approximate surface area is 162 Å². The van der Waals surface area contributed by atoms with Crippen LogP contribution in [0.2, 0.25) is 0 Å². The predicted octanol–water partition coefficient (Wildman–Crippen LogP) is 2.24. The maximum absolute atomic E-state index is 12.7. The van der Waals surface area contributed by atoms with Gasteiger partial charge in [0.05, 0.1) is 17.5 Å². The lowest BCUT2D eigenvalue weighted by atomic mass is 9.85. The van der Waals surface area contributed by atoms with Gasteiger partial charge in [0.1, 0.15) is 5.75 Å². The average molecular weight is 395 g/mol. The molecule has 1 aromatic carbocycles. The van der Waals surface area contributed by atoms with Crippen molar-refractivity contribution in [3.63, 3.8) is 0 Å². The largest absolute Gasteiger partial charge is 0.493 e. The van der Waals surface area contributed by atoms with Crippen molar-refractivity contribution in [1.29, 1.82) is 0 Å². The van der Waals surface area contributed by atoms with Crippen LogP contribution < -0.4 is 10.1 Å². The summed E-state index contributed by atoms with van der Waals surface area (Å²) >= 11 is 0. The molecule has 150 valence electrons. The normalized spacial score (nSPS) is 25.0. The molecule has 3 atom stereocenters. The van der Waals surface area contributed by atoms with Crippen molar-refractivity contribution in [2.75, 3.05) is 26.5 Å². The van der Waals surface area contributed by atoms with E-state index < -0.39 is 9.84 Å². The minimum absolute atomic E-state index is 0.0459. The van der Waals surface area contributed by atoms with Crippen LogP contribution >= 0.6 is 0 Å². The van der Waals surface area contributed by atoms with Gasteiger partial charge in [-0.15, -0.1) is 0 Å². The van der Waals surface area contributed by atoms with Gasteiger partial charge in [-0.1, -0.05) is 18.9 Å². The van der Waals surface area contributed by atoms with Crippen LogP contribution in [-0.2, 0) is 14.6 Å². The van der Waals surface area contributed by atoms with Gasteiger partial charge >= 0.3 is 0 Å². The summed E-state index contributed by atoms with van der Waals surface area (Å²) in [5.74, 6) is 1.36. The number of sulfone groups is 1. The van der Waals surface area contributed by atoms with E-state index in [0.717, 1.165) is 6.42 Å². The molecule has 1 aromatic rings. The molecule has 6 nitrogen and oxygen atoms in total. The Morgan fingerprint density at radius 2 is 2.07 bits per heavy atom. The molecule has 27 heavy (non-hydrogen) atoms. The van der Waals surface area contributed by atoms with Gasteiger partial charge in [-0.05, 0) is 49.8 Å². The fourth-order valence-electron chi connectivity index (χ4n) is 4.17. The number of hydrogen-bond donors (Lipinski definition) is 1. The molecule has 1 amide bonds. The third-order valence-electron chi connectivity index (χ3n) is 5.68. The Kier molecular flexibility index (Phi) is 6.42. The summed E-state index contributed by atoms with van der Waals surface area (Å²) in [5, 5.41) is 3.53. The molecule has 1 heterocycles. The number of nitrogens with zero attached hydrogens (tertiary/aromatic N) is 1. The highest BCUT2D eigenvalue weighted by Crippen LogP contribution is 2.33. The molecule has 1 saturated carbocycles.